The SMILES string of the molecule is CCC(C)(C)OCCC1CCCC1=O. The summed E-state index contributed by atoms with van der Waals surface area (Å²) in [6.45, 7) is 7.06. The summed E-state index contributed by atoms with van der Waals surface area (Å²) in [7, 11) is 0. The molecule has 82 valence electrons. The molecule has 0 bridgehead atoms. The fourth-order valence-corrected chi connectivity index (χ4v) is 1.77. The molecule has 1 fully saturated rings. The molecule has 0 heterocycles. The summed E-state index contributed by atoms with van der Waals surface area (Å²) in [4.78, 5) is 11.3. The zero-order valence-corrected chi connectivity index (χ0v) is 9.64. The van der Waals surface area contributed by atoms with Crippen molar-refractivity contribution in [3.05, 3.63) is 0 Å². The number of ether oxygens (including phenoxy) is 1. The number of hydrogen-bond donors (Lipinski definition) is 0. The van der Waals surface area contributed by atoms with Crippen LogP contribution in [0.15, 0.2) is 0 Å². The van der Waals surface area contributed by atoms with Crippen LogP contribution in [0.25, 0.3) is 0 Å². The van der Waals surface area contributed by atoms with Gasteiger partial charge in [-0.1, -0.05) is 6.92 Å². The normalized spacial score (nSPS) is 23.1. The third kappa shape index (κ3) is 3.41. The Morgan fingerprint density at radius 1 is 1.50 bits per heavy atom. The Hall–Kier alpha value is -0.370. The summed E-state index contributed by atoms with van der Waals surface area (Å²) in [5.41, 5.74) is -0.0261. The van der Waals surface area contributed by atoms with E-state index in [-0.39, 0.29) is 5.60 Å². The minimum absolute atomic E-state index is 0.0261. The minimum atomic E-state index is -0.0261. The summed E-state index contributed by atoms with van der Waals surface area (Å²) in [5, 5.41) is 0. The van der Waals surface area contributed by atoms with Crippen molar-refractivity contribution in [2.24, 2.45) is 5.92 Å². The van der Waals surface area contributed by atoms with Crippen molar-refractivity contribution >= 4 is 5.78 Å². The van der Waals surface area contributed by atoms with Crippen molar-refractivity contribution in [3.63, 3.8) is 0 Å². The molecule has 0 saturated heterocycles. The van der Waals surface area contributed by atoms with Gasteiger partial charge in [-0.15, -0.1) is 0 Å². The lowest BCUT2D eigenvalue weighted by Crippen LogP contribution is -2.24. The molecule has 0 aromatic heterocycles. The molecule has 0 aromatic carbocycles. The monoisotopic (exact) mass is 198 g/mol. The maximum atomic E-state index is 11.3. The van der Waals surface area contributed by atoms with Gasteiger partial charge in [-0.2, -0.15) is 0 Å². The standard InChI is InChI=1S/C12H22O2/c1-4-12(2,3)14-9-8-10-6-5-7-11(10)13/h10H,4-9H2,1-3H3. The first-order chi connectivity index (χ1) is 6.55. The second kappa shape index (κ2) is 4.92. The van der Waals surface area contributed by atoms with Gasteiger partial charge in [0, 0.05) is 18.9 Å². The molecule has 2 heteroatoms. The van der Waals surface area contributed by atoms with Crippen LogP contribution in [0, 0.1) is 5.92 Å². The third-order valence-corrected chi connectivity index (χ3v) is 3.24. The number of carbonyl (C=O) groups is 1. The molecule has 0 radical (unpaired) electrons. The molecule has 1 aliphatic rings. The summed E-state index contributed by atoms with van der Waals surface area (Å²) in [6, 6.07) is 0. The lowest BCUT2D eigenvalue weighted by molar-refractivity contribution is -0.121. The highest BCUT2D eigenvalue weighted by atomic mass is 16.5. The lowest BCUT2D eigenvalue weighted by Gasteiger charge is -2.24. The van der Waals surface area contributed by atoms with Crippen LogP contribution < -0.4 is 0 Å². The second-order valence-electron chi connectivity index (χ2n) is 4.81. The van der Waals surface area contributed by atoms with Gasteiger partial charge in [0.05, 0.1) is 5.60 Å². The number of rotatable bonds is 5. The predicted molar refractivity (Wildman–Crippen MR) is 57.3 cm³/mol. The molecular weight excluding hydrogens is 176 g/mol. The van der Waals surface area contributed by atoms with Crippen LogP contribution >= 0.6 is 0 Å². The van der Waals surface area contributed by atoms with Gasteiger partial charge in [-0.05, 0) is 39.5 Å². The van der Waals surface area contributed by atoms with Crippen LogP contribution in [-0.2, 0) is 9.53 Å². The first-order valence-electron chi connectivity index (χ1n) is 5.72. The molecule has 2 nitrogen and oxygen atoms in total. The number of Topliss-reactive ketones (excluding diaryl/α,β-unsaturated/α-hetero) is 1. The summed E-state index contributed by atoms with van der Waals surface area (Å²) in [5.74, 6) is 0.741. The molecule has 0 N–H and O–H groups in total. The van der Waals surface area contributed by atoms with E-state index in [4.69, 9.17) is 4.74 Å². The molecule has 1 saturated carbocycles. The third-order valence-electron chi connectivity index (χ3n) is 3.24. The van der Waals surface area contributed by atoms with E-state index in [1.54, 1.807) is 0 Å². The quantitative estimate of drug-likeness (QED) is 0.679. The van der Waals surface area contributed by atoms with Gasteiger partial charge in [0.25, 0.3) is 0 Å². The molecular formula is C12H22O2. The fraction of sp³-hybridized carbons (Fsp3) is 0.917. The fourth-order valence-electron chi connectivity index (χ4n) is 1.77. The number of ketones is 1. The van der Waals surface area contributed by atoms with Crippen molar-refractivity contribution in [3.8, 4) is 0 Å². The van der Waals surface area contributed by atoms with E-state index >= 15 is 0 Å². The zero-order chi connectivity index (χ0) is 10.6. The molecule has 0 aliphatic heterocycles. The zero-order valence-electron chi connectivity index (χ0n) is 9.64. The maximum absolute atomic E-state index is 11.3. The predicted octanol–water partition coefficient (Wildman–Crippen LogP) is 2.95. The summed E-state index contributed by atoms with van der Waals surface area (Å²) < 4.78 is 5.74. The molecule has 1 atom stereocenters. The molecule has 0 amide bonds. The average molecular weight is 198 g/mol. The Kier molecular flexibility index (Phi) is 4.11. The molecule has 0 spiro atoms. The number of hydrogen-bond acceptors (Lipinski definition) is 2. The molecule has 0 aromatic rings. The summed E-state index contributed by atoms with van der Waals surface area (Å²) in [6.07, 6.45) is 4.89. The van der Waals surface area contributed by atoms with E-state index in [9.17, 15) is 4.79 Å². The van der Waals surface area contributed by atoms with Crippen LogP contribution in [0.5, 0.6) is 0 Å². The molecule has 14 heavy (non-hydrogen) atoms. The van der Waals surface area contributed by atoms with Crippen molar-refractivity contribution in [2.75, 3.05) is 6.61 Å². The molecule has 1 unspecified atom stereocenters. The van der Waals surface area contributed by atoms with Crippen molar-refractivity contribution < 1.29 is 9.53 Å². The van der Waals surface area contributed by atoms with Crippen LogP contribution in [0.1, 0.15) is 52.9 Å². The van der Waals surface area contributed by atoms with Crippen molar-refractivity contribution in [1.82, 2.24) is 0 Å². The topological polar surface area (TPSA) is 26.3 Å². The molecule has 1 aliphatic carbocycles. The Balaban J connectivity index is 2.18. The summed E-state index contributed by atoms with van der Waals surface area (Å²) >= 11 is 0. The van der Waals surface area contributed by atoms with Crippen molar-refractivity contribution in [2.45, 2.75) is 58.5 Å². The van der Waals surface area contributed by atoms with Crippen LogP contribution in [-0.4, -0.2) is 18.0 Å². The second-order valence-corrected chi connectivity index (χ2v) is 4.81. The van der Waals surface area contributed by atoms with Gasteiger partial charge in [-0.25, -0.2) is 0 Å². The van der Waals surface area contributed by atoms with E-state index in [1.807, 2.05) is 0 Å². The van der Waals surface area contributed by atoms with E-state index < -0.39 is 0 Å². The van der Waals surface area contributed by atoms with E-state index in [1.165, 1.54) is 0 Å². The first kappa shape index (κ1) is 11.7. The van der Waals surface area contributed by atoms with Gasteiger partial charge in [0.2, 0.25) is 0 Å². The highest BCUT2D eigenvalue weighted by Crippen LogP contribution is 2.25. The van der Waals surface area contributed by atoms with E-state index in [2.05, 4.69) is 20.8 Å². The Morgan fingerprint density at radius 3 is 2.71 bits per heavy atom. The van der Waals surface area contributed by atoms with Gasteiger partial charge in [-0.3, -0.25) is 4.79 Å². The van der Waals surface area contributed by atoms with Gasteiger partial charge in [0.1, 0.15) is 5.78 Å². The lowest BCUT2D eigenvalue weighted by atomic mass is 10.0. The van der Waals surface area contributed by atoms with Crippen LogP contribution in [0.2, 0.25) is 0 Å². The maximum Gasteiger partial charge on any atom is 0.136 e. The van der Waals surface area contributed by atoms with E-state index in [0.29, 0.717) is 11.7 Å². The van der Waals surface area contributed by atoms with Gasteiger partial charge < -0.3 is 4.74 Å². The highest BCUT2D eigenvalue weighted by Gasteiger charge is 2.24. The number of carbonyl (C=O) groups excluding carboxylic acids is 1. The van der Waals surface area contributed by atoms with Gasteiger partial charge >= 0.3 is 0 Å². The van der Waals surface area contributed by atoms with Crippen molar-refractivity contribution in [1.29, 1.82) is 0 Å². The Labute approximate surface area is 87.0 Å². The van der Waals surface area contributed by atoms with Gasteiger partial charge in [0.15, 0.2) is 0 Å². The van der Waals surface area contributed by atoms with E-state index in [0.717, 1.165) is 38.7 Å². The van der Waals surface area contributed by atoms with Crippen LogP contribution in [0.3, 0.4) is 0 Å². The largest absolute Gasteiger partial charge is 0.376 e. The van der Waals surface area contributed by atoms with Crippen LogP contribution in [0.4, 0.5) is 0 Å². The minimum Gasteiger partial charge on any atom is -0.376 e. The molecule has 1 rings (SSSR count). The first-order valence-corrected chi connectivity index (χ1v) is 5.72. The highest BCUT2D eigenvalue weighted by molar-refractivity contribution is 5.82. The Bertz CT molecular complexity index is 196. The smallest absolute Gasteiger partial charge is 0.136 e. The average Bonchev–Trinajstić information content (AvgIpc) is 2.52. The Morgan fingerprint density at radius 2 is 2.21 bits per heavy atom.